The van der Waals surface area contributed by atoms with Gasteiger partial charge in [0.2, 0.25) is 20.7 Å². The molecule has 0 rings (SSSR count). The first-order valence-corrected chi connectivity index (χ1v) is 7.86. The van der Waals surface area contributed by atoms with Crippen LogP contribution in [0, 0.1) is 0 Å². The Bertz CT molecular complexity index is 304. The third-order valence-electron chi connectivity index (χ3n) is 0.460. The first-order valence-electron chi connectivity index (χ1n) is 6.52. The Morgan fingerprint density at radius 3 is 0.714 bits per heavy atom. The SMILES string of the molecule is C.C.C.C.C.C.C.C.C.C.C.CCF.CF.FCC(F)(F)F.FCCCF.FCF.FCF.FCOF.O=S(=O)(O)F. The van der Waals surface area contributed by atoms with Crippen LogP contribution in [0.2, 0.25) is 0 Å². The minimum Gasteiger partial charge on any atom is -0.260 e. The zero-order valence-electron chi connectivity index (χ0n) is 15.9. The average molecular weight is 713 g/mol. The molecule has 0 atom stereocenters. The molecule has 0 aromatic carbocycles. The summed E-state index contributed by atoms with van der Waals surface area (Å²) < 4.78 is 175. The van der Waals surface area contributed by atoms with Crippen molar-refractivity contribution in [3.8, 4) is 0 Å². The Balaban J connectivity index is -0.00000000829. The van der Waals surface area contributed by atoms with Gasteiger partial charge in [0.15, 0.2) is 6.67 Å². The monoisotopic (exact) mass is 712 g/mol. The molecule has 0 aliphatic carbocycles. The normalized spacial score (nSPS) is 6.24. The van der Waals surface area contributed by atoms with E-state index in [9.17, 15) is 65.5 Å². The van der Waals surface area contributed by atoms with Crippen LogP contribution in [0.1, 0.15) is 95.0 Å². The molecular weight excluding hydrogens is 645 g/mol. The van der Waals surface area contributed by atoms with Crippen molar-refractivity contribution in [2.45, 2.75) is 101 Å². The van der Waals surface area contributed by atoms with Crippen LogP contribution in [0.4, 0.5) is 65.5 Å². The molecule has 1 N–H and O–H groups in total. The molecule has 0 unspecified atom stereocenters. The highest BCUT2D eigenvalue weighted by atomic mass is 32.3. The van der Waals surface area contributed by atoms with Gasteiger partial charge in [-0.15, -0.1) is 0 Å². The molecule has 0 fully saturated rings. The molecule has 4 nitrogen and oxygen atoms in total. The number of alkyl halides is 13. The van der Waals surface area contributed by atoms with Crippen molar-refractivity contribution in [3.63, 3.8) is 0 Å². The highest BCUT2D eigenvalue weighted by Gasteiger charge is 2.26. The smallest absolute Gasteiger partial charge is 0.260 e. The zero-order chi connectivity index (χ0) is 27.4. The minimum absolute atomic E-state index is 0. The van der Waals surface area contributed by atoms with Crippen LogP contribution in [0.3, 0.4) is 0 Å². The summed E-state index contributed by atoms with van der Waals surface area (Å²) in [5.74, 6) is 0. The summed E-state index contributed by atoms with van der Waals surface area (Å²) in [5.41, 5.74) is 0. The van der Waals surface area contributed by atoms with E-state index in [1.54, 1.807) is 0 Å². The quantitative estimate of drug-likeness (QED) is 0.180. The predicted molar refractivity (Wildman–Crippen MR) is 156 cm³/mol. The maximum Gasteiger partial charge on any atom is 0.435 e. The lowest BCUT2D eigenvalue weighted by Crippen LogP contribution is -2.08. The van der Waals surface area contributed by atoms with Crippen molar-refractivity contribution in [3.05, 3.63) is 0 Å². The van der Waals surface area contributed by atoms with Crippen LogP contribution in [-0.2, 0) is 15.4 Å². The van der Waals surface area contributed by atoms with Crippen molar-refractivity contribution < 1.29 is 83.4 Å². The predicted octanol–water partition coefficient (Wildman–Crippen LogP) is 13.7. The molecule has 42 heavy (non-hydrogen) atoms. The van der Waals surface area contributed by atoms with Crippen molar-refractivity contribution >= 4 is 10.5 Å². The van der Waals surface area contributed by atoms with Crippen molar-refractivity contribution in [2.24, 2.45) is 0 Å². The van der Waals surface area contributed by atoms with Crippen molar-refractivity contribution in [1.82, 2.24) is 0 Å². The van der Waals surface area contributed by atoms with Gasteiger partial charge in [0.25, 0.3) is 0 Å². The van der Waals surface area contributed by atoms with Gasteiger partial charge in [-0.1, -0.05) is 85.6 Å². The zero-order valence-corrected chi connectivity index (χ0v) is 16.7. The lowest BCUT2D eigenvalue weighted by molar-refractivity contribution is -0.167. The molecule has 0 amide bonds. The second kappa shape index (κ2) is 153. The van der Waals surface area contributed by atoms with Gasteiger partial charge in [-0.3, -0.25) is 22.1 Å². The first kappa shape index (κ1) is 136. The van der Waals surface area contributed by atoms with Gasteiger partial charge >= 0.3 is 16.7 Å². The Kier molecular flexibility index (Phi) is 494. The summed E-state index contributed by atoms with van der Waals surface area (Å²) in [6, 6.07) is 0. The number of halogens is 15. The lowest BCUT2D eigenvalue weighted by atomic mass is 10.5. The maximum absolute atomic E-state index is 10.8. The Morgan fingerprint density at radius 1 is 0.619 bits per heavy atom. The molecule has 0 aromatic rings. The molecular formula is C22H67F15O4S. The summed E-state index contributed by atoms with van der Waals surface area (Å²) in [4.78, 5) is 2.38. The minimum atomic E-state index is -5.17. The van der Waals surface area contributed by atoms with Crippen LogP contribution in [0.15, 0.2) is 0 Å². The third-order valence-corrected chi connectivity index (χ3v) is 0.460. The second-order valence-electron chi connectivity index (χ2n) is 2.58. The van der Waals surface area contributed by atoms with Crippen LogP contribution >= 0.6 is 0 Å². The van der Waals surface area contributed by atoms with Crippen LogP contribution in [0.25, 0.3) is 0 Å². The van der Waals surface area contributed by atoms with Gasteiger partial charge in [-0.05, 0) is 11.4 Å². The van der Waals surface area contributed by atoms with Gasteiger partial charge in [0.05, 0.1) is 27.2 Å². The molecule has 20 heteroatoms. The van der Waals surface area contributed by atoms with E-state index in [0.717, 1.165) is 0 Å². The van der Waals surface area contributed by atoms with Crippen molar-refractivity contribution in [1.29, 1.82) is 0 Å². The summed E-state index contributed by atoms with van der Waals surface area (Å²) in [7, 11) is -4.67. The molecule has 0 aliphatic rings. The number of rotatable bonds is 3. The molecule has 0 saturated heterocycles. The molecule has 0 bridgehead atoms. The van der Waals surface area contributed by atoms with Gasteiger partial charge in [0, 0.05) is 6.42 Å². The summed E-state index contributed by atoms with van der Waals surface area (Å²) in [6.45, 7) is -6.93. The fourth-order valence-electron chi connectivity index (χ4n) is 0.0505. The topological polar surface area (TPSA) is 63.6 Å². The Morgan fingerprint density at radius 2 is 0.714 bits per heavy atom. The summed E-state index contributed by atoms with van der Waals surface area (Å²) in [5, 5.41) is 0. The van der Waals surface area contributed by atoms with Crippen LogP contribution in [-0.4, -0.2) is 73.7 Å². The van der Waals surface area contributed by atoms with Crippen LogP contribution in [0.5, 0.6) is 0 Å². The highest BCUT2D eigenvalue weighted by Crippen LogP contribution is 2.13. The summed E-state index contributed by atoms with van der Waals surface area (Å²) in [6.07, 6.45) is -4.57. The lowest BCUT2D eigenvalue weighted by Gasteiger charge is -1.93. The first-order chi connectivity index (χ1) is 14.1. The van der Waals surface area contributed by atoms with Gasteiger partial charge in [0.1, 0.15) is 0 Å². The Hall–Kier alpha value is -1.18. The third kappa shape index (κ3) is 2390. The molecule has 0 aromatic heterocycles. The van der Waals surface area contributed by atoms with Gasteiger partial charge in [-0.2, -0.15) is 26.5 Å². The maximum atomic E-state index is 10.8. The fraction of sp³-hybridized carbons (Fsp3) is 1.00. The van der Waals surface area contributed by atoms with Gasteiger partial charge < -0.3 is 0 Å². The molecule has 290 valence electrons. The molecule has 0 aliphatic heterocycles. The molecule has 0 spiro atoms. The van der Waals surface area contributed by atoms with E-state index < -0.39 is 57.4 Å². The van der Waals surface area contributed by atoms with Crippen molar-refractivity contribution in [2.75, 3.05) is 54.6 Å². The van der Waals surface area contributed by atoms with Crippen LogP contribution < -0.4 is 0 Å². The standard InChI is InChI=1S/C3H6F2.C2H2F4.C2H5F.CH2F2O.2CH2F2.CH3F.11CH4.FHO3S/c4-2-1-3-5;3-1-2(4,5)6;1-2-3;2-1-4-3;2*2-1-3;1-2;;;;;;;;;;;;1-5(2,3)4/h1-3H2;1H2;2H2,1H3;1H2;2*1H2;1H3;11*1H4;(H,2,3,4). The Labute approximate surface area is 250 Å². The molecule has 0 saturated carbocycles. The highest BCUT2D eigenvalue weighted by molar-refractivity contribution is 7.80. The second-order valence-corrected chi connectivity index (χ2v) is 3.40. The fourth-order valence-corrected chi connectivity index (χ4v) is 0.0505. The van der Waals surface area contributed by atoms with E-state index >= 15 is 0 Å². The van der Waals surface area contributed by atoms with Gasteiger partial charge in [-0.25, -0.2) is 26.3 Å². The largest absolute Gasteiger partial charge is 0.435 e. The molecule has 0 heterocycles. The van der Waals surface area contributed by atoms with E-state index in [0.29, 0.717) is 7.18 Å². The summed E-state index contributed by atoms with van der Waals surface area (Å²) >= 11 is 0. The van der Waals surface area contributed by atoms with E-state index in [1.165, 1.54) is 6.92 Å². The molecule has 0 radical (unpaired) electrons. The number of hydrogen-bond donors (Lipinski definition) is 1. The van der Waals surface area contributed by atoms with E-state index in [4.69, 9.17) is 13.0 Å². The van der Waals surface area contributed by atoms with E-state index in [1.807, 2.05) is 0 Å². The number of hydrogen-bond acceptors (Lipinski definition) is 3. The van der Waals surface area contributed by atoms with E-state index in [-0.39, 0.29) is 94.8 Å². The van der Waals surface area contributed by atoms with E-state index in [2.05, 4.69) is 4.94 Å². The average Bonchev–Trinajstić information content (AvgIpc) is 2.65.